The normalized spacial score (nSPS) is 11.5. The van der Waals surface area contributed by atoms with E-state index in [2.05, 4.69) is 19.9 Å². The van der Waals surface area contributed by atoms with Crippen LogP contribution in [0.1, 0.15) is 31.9 Å². The van der Waals surface area contributed by atoms with Crippen LogP contribution in [0.5, 0.6) is 5.75 Å². The first kappa shape index (κ1) is 12.1. The van der Waals surface area contributed by atoms with Crippen molar-refractivity contribution in [3.63, 3.8) is 0 Å². The van der Waals surface area contributed by atoms with Gasteiger partial charge in [-0.3, -0.25) is 0 Å². The largest absolute Gasteiger partial charge is 0.490 e. The number of rotatable bonds is 4. The second-order valence-corrected chi connectivity index (χ2v) is 4.57. The van der Waals surface area contributed by atoms with Crippen molar-refractivity contribution in [2.75, 3.05) is 6.61 Å². The molecule has 1 rings (SSSR count). The Morgan fingerprint density at radius 3 is 2.53 bits per heavy atom. The number of ether oxygens (including phenoxy) is 1. The Labute approximate surface area is 91.9 Å². The maximum atomic E-state index is 9.57. The minimum absolute atomic E-state index is 0.322. The van der Waals surface area contributed by atoms with E-state index in [9.17, 15) is 5.11 Å². The molecule has 0 bridgehead atoms. The SMILES string of the molecule is CCc1cc(C)ccc1OCC(C)(C)O. The zero-order chi connectivity index (χ0) is 11.5. The van der Waals surface area contributed by atoms with Gasteiger partial charge >= 0.3 is 0 Å². The van der Waals surface area contributed by atoms with Gasteiger partial charge in [0.25, 0.3) is 0 Å². The summed E-state index contributed by atoms with van der Waals surface area (Å²) in [5, 5.41) is 9.57. The standard InChI is InChI=1S/C13H20O2/c1-5-11-8-10(2)6-7-12(11)15-9-13(3,4)14/h6-8,14H,5,9H2,1-4H3. The molecule has 84 valence electrons. The first-order valence-corrected chi connectivity index (χ1v) is 5.37. The van der Waals surface area contributed by atoms with Gasteiger partial charge in [0.1, 0.15) is 12.4 Å². The molecule has 0 aliphatic rings. The van der Waals surface area contributed by atoms with Crippen LogP contribution in [-0.2, 0) is 6.42 Å². The molecule has 1 aromatic carbocycles. The summed E-state index contributed by atoms with van der Waals surface area (Å²) in [6, 6.07) is 6.12. The summed E-state index contributed by atoms with van der Waals surface area (Å²) in [5.74, 6) is 0.880. The van der Waals surface area contributed by atoms with E-state index < -0.39 is 5.60 Å². The molecule has 0 radical (unpaired) electrons. The first-order valence-electron chi connectivity index (χ1n) is 5.37. The van der Waals surface area contributed by atoms with E-state index >= 15 is 0 Å². The van der Waals surface area contributed by atoms with Crippen molar-refractivity contribution in [1.82, 2.24) is 0 Å². The fraction of sp³-hybridized carbons (Fsp3) is 0.538. The van der Waals surface area contributed by atoms with E-state index in [0.29, 0.717) is 6.61 Å². The Morgan fingerprint density at radius 1 is 1.33 bits per heavy atom. The zero-order valence-corrected chi connectivity index (χ0v) is 10.0. The molecule has 0 heterocycles. The molecule has 1 aromatic rings. The Hall–Kier alpha value is -1.02. The predicted octanol–water partition coefficient (Wildman–Crippen LogP) is 2.71. The van der Waals surface area contributed by atoms with Crippen LogP contribution < -0.4 is 4.74 Å². The van der Waals surface area contributed by atoms with Crippen LogP contribution in [0, 0.1) is 6.92 Å². The Morgan fingerprint density at radius 2 is 2.00 bits per heavy atom. The van der Waals surface area contributed by atoms with Crippen LogP contribution in [0.4, 0.5) is 0 Å². The van der Waals surface area contributed by atoms with E-state index in [0.717, 1.165) is 12.2 Å². The molecule has 0 atom stereocenters. The summed E-state index contributed by atoms with van der Waals surface area (Å²) < 4.78 is 5.60. The van der Waals surface area contributed by atoms with Crippen molar-refractivity contribution in [3.8, 4) is 5.75 Å². The highest BCUT2D eigenvalue weighted by Gasteiger charge is 2.14. The van der Waals surface area contributed by atoms with Gasteiger partial charge in [0, 0.05) is 0 Å². The lowest BCUT2D eigenvalue weighted by Crippen LogP contribution is -2.28. The van der Waals surface area contributed by atoms with Crippen LogP contribution in [0.3, 0.4) is 0 Å². The lowest BCUT2D eigenvalue weighted by atomic mass is 10.1. The van der Waals surface area contributed by atoms with Gasteiger partial charge in [-0.1, -0.05) is 24.6 Å². The van der Waals surface area contributed by atoms with Crippen LogP contribution in [0.25, 0.3) is 0 Å². The average Bonchev–Trinajstić information content (AvgIpc) is 2.14. The molecule has 1 N–H and O–H groups in total. The first-order chi connectivity index (χ1) is 6.92. The van der Waals surface area contributed by atoms with Crippen molar-refractivity contribution in [1.29, 1.82) is 0 Å². The topological polar surface area (TPSA) is 29.5 Å². The van der Waals surface area contributed by atoms with Gasteiger partial charge in [-0.25, -0.2) is 0 Å². The number of aryl methyl sites for hydroxylation is 2. The predicted molar refractivity (Wildman–Crippen MR) is 62.3 cm³/mol. The monoisotopic (exact) mass is 208 g/mol. The summed E-state index contributed by atoms with van der Waals surface area (Å²) in [6.07, 6.45) is 0.947. The molecule has 2 heteroatoms. The number of hydrogen-bond donors (Lipinski definition) is 1. The third-order valence-corrected chi connectivity index (χ3v) is 2.18. The summed E-state index contributed by atoms with van der Waals surface area (Å²) in [7, 11) is 0. The lowest BCUT2D eigenvalue weighted by molar-refractivity contribution is 0.0282. The molecule has 0 saturated carbocycles. The smallest absolute Gasteiger partial charge is 0.122 e. The molecule has 0 unspecified atom stereocenters. The maximum Gasteiger partial charge on any atom is 0.122 e. The van der Waals surface area contributed by atoms with Gasteiger partial charge in [-0.15, -0.1) is 0 Å². The third kappa shape index (κ3) is 3.92. The summed E-state index contributed by atoms with van der Waals surface area (Å²) >= 11 is 0. The molecule has 0 saturated heterocycles. The van der Waals surface area contributed by atoms with Gasteiger partial charge < -0.3 is 9.84 Å². The highest BCUT2D eigenvalue weighted by molar-refractivity contribution is 5.36. The van der Waals surface area contributed by atoms with Gasteiger partial charge in [0.15, 0.2) is 0 Å². The zero-order valence-electron chi connectivity index (χ0n) is 10.0. The third-order valence-electron chi connectivity index (χ3n) is 2.18. The molecule has 0 amide bonds. The van der Waals surface area contributed by atoms with E-state index in [-0.39, 0.29) is 0 Å². The Balaban J connectivity index is 2.76. The van der Waals surface area contributed by atoms with E-state index in [1.54, 1.807) is 13.8 Å². The Kier molecular flexibility index (Phi) is 3.75. The van der Waals surface area contributed by atoms with Crippen molar-refractivity contribution >= 4 is 0 Å². The molecule has 15 heavy (non-hydrogen) atoms. The fourth-order valence-electron chi connectivity index (χ4n) is 1.38. The van der Waals surface area contributed by atoms with E-state index in [4.69, 9.17) is 4.74 Å². The minimum Gasteiger partial charge on any atom is -0.490 e. The number of benzene rings is 1. The van der Waals surface area contributed by atoms with Crippen LogP contribution >= 0.6 is 0 Å². The van der Waals surface area contributed by atoms with Crippen molar-refractivity contribution in [3.05, 3.63) is 29.3 Å². The van der Waals surface area contributed by atoms with Crippen LogP contribution in [0.2, 0.25) is 0 Å². The quantitative estimate of drug-likeness (QED) is 0.824. The van der Waals surface area contributed by atoms with Crippen molar-refractivity contribution < 1.29 is 9.84 Å². The van der Waals surface area contributed by atoms with Crippen LogP contribution in [0.15, 0.2) is 18.2 Å². The summed E-state index contributed by atoms with van der Waals surface area (Å²) in [4.78, 5) is 0. The second kappa shape index (κ2) is 4.67. The van der Waals surface area contributed by atoms with Gasteiger partial charge in [-0.2, -0.15) is 0 Å². The molecule has 0 fully saturated rings. The van der Waals surface area contributed by atoms with Gasteiger partial charge in [-0.05, 0) is 38.8 Å². The van der Waals surface area contributed by atoms with E-state index in [1.807, 2.05) is 12.1 Å². The van der Waals surface area contributed by atoms with Crippen LogP contribution in [-0.4, -0.2) is 17.3 Å². The summed E-state index contributed by atoms with van der Waals surface area (Å²) in [6.45, 7) is 7.98. The molecule has 0 aliphatic heterocycles. The van der Waals surface area contributed by atoms with Gasteiger partial charge in [0.05, 0.1) is 5.60 Å². The molecular weight excluding hydrogens is 188 g/mol. The molecule has 2 nitrogen and oxygen atoms in total. The maximum absolute atomic E-state index is 9.57. The highest BCUT2D eigenvalue weighted by Crippen LogP contribution is 2.21. The lowest BCUT2D eigenvalue weighted by Gasteiger charge is -2.19. The molecule has 0 aromatic heterocycles. The number of hydrogen-bond acceptors (Lipinski definition) is 2. The molecule has 0 spiro atoms. The Bertz CT molecular complexity index is 324. The second-order valence-electron chi connectivity index (χ2n) is 4.57. The van der Waals surface area contributed by atoms with E-state index in [1.165, 1.54) is 11.1 Å². The molecular formula is C13H20O2. The number of aliphatic hydroxyl groups is 1. The summed E-state index contributed by atoms with van der Waals surface area (Å²) in [5.41, 5.74) is 1.65. The fourth-order valence-corrected chi connectivity index (χ4v) is 1.38. The average molecular weight is 208 g/mol. The van der Waals surface area contributed by atoms with Gasteiger partial charge in [0.2, 0.25) is 0 Å². The van der Waals surface area contributed by atoms with Crippen molar-refractivity contribution in [2.45, 2.75) is 39.7 Å². The minimum atomic E-state index is -0.782. The molecule has 0 aliphatic carbocycles. The highest BCUT2D eigenvalue weighted by atomic mass is 16.5. The van der Waals surface area contributed by atoms with Crippen molar-refractivity contribution in [2.24, 2.45) is 0 Å².